The Balaban J connectivity index is 1.57. The molecule has 2 fully saturated rings. The first-order valence-corrected chi connectivity index (χ1v) is 7.36. The van der Waals surface area contributed by atoms with Crippen LogP contribution in [0, 0.1) is 0 Å². The van der Waals surface area contributed by atoms with E-state index in [0.717, 1.165) is 18.2 Å². The van der Waals surface area contributed by atoms with Crippen LogP contribution in [0.1, 0.15) is 37.7 Å². The summed E-state index contributed by atoms with van der Waals surface area (Å²) in [4.78, 5) is 2.70. The van der Waals surface area contributed by atoms with Gasteiger partial charge in [-0.3, -0.25) is 0 Å². The van der Waals surface area contributed by atoms with E-state index in [-0.39, 0.29) is 5.60 Å². The number of fused-ring (bicyclic) bond motifs is 2. The molecule has 3 aliphatic rings. The molecule has 0 radical (unpaired) electrons. The van der Waals surface area contributed by atoms with Crippen LogP contribution in [-0.4, -0.2) is 29.6 Å². The maximum Gasteiger partial charge on any atom is 0.123 e. The summed E-state index contributed by atoms with van der Waals surface area (Å²) in [5.41, 5.74) is 1.55. The van der Waals surface area contributed by atoms with Crippen LogP contribution < -0.4 is 4.74 Å². The highest BCUT2D eigenvalue weighted by Gasteiger charge is 2.45. The van der Waals surface area contributed by atoms with E-state index in [2.05, 4.69) is 29.2 Å². The molecule has 3 heterocycles. The van der Waals surface area contributed by atoms with E-state index >= 15 is 0 Å². The lowest BCUT2D eigenvalue weighted by Crippen LogP contribution is -2.54. The van der Waals surface area contributed by atoms with Crippen molar-refractivity contribution in [1.29, 1.82) is 0 Å². The van der Waals surface area contributed by atoms with Crippen molar-refractivity contribution in [2.24, 2.45) is 0 Å². The molecule has 2 unspecified atom stereocenters. The fraction of sp³-hybridized carbons (Fsp3) is 0.625. The van der Waals surface area contributed by atoms with Gasteiger partial charge in [-0.1, -0.05) is 24.6 Å². The predicted molar refractivity (Wildman–Crippen MR) is 72.0 cm³/mol. The molecule has 1 aromatic carbocycles. The largest absolute Gasteiger partial charge is 0.487 e. The molecule has 0 amide bonds. The Morgan fingerprint density at radius 1 is 1.17 bits per heavy atom. The van der Waals surface area contributed by atoms with Gasteiger partial charge in [-0.05, 0) is 31.0 Å². The fourth-order valence-electron chi connectivity index (χ4n) is 4.08. The number of hydrogen-bond donors (Lipinski definition) is 0. The Bertz CT molecular complexity index is 431. The molecule has 4 rings (SSSR count). The van der Waals surface area contributed by atoms with E-state index < -0.39 is 0 Å². The molecule has 0 saturated carbocycles. The van der Waals surface area contributed by atoms with Gasteiger partial charge in [0.15, 0.2) is 0 Å². The first-order valence-electron chi connectivity index (χ1n) is 7.36. The Kier molecular flexibility index (Phi) is 2.41. The standard InChI is InChI=1S/C16H21NO/c1-2-7-15-13(5-1)11-16(18-15)8-10-17-9-4-3-6-14(17)12-16/h1-2,5,7,14H,3-4,6,8-12H2. The zero-order chi connectivity index (χ0) is 12.0. The Hall–Kier alpha value is -1.02. The summed E-state index contributed by atoms with van der Waals surface area (Å²) in [6, 6.07) is 9.38. The van der Waals surface area contributed by atoms with Gasteiger partial charge in [0.05, 0.1) is 0 Å². The maximum atomic E-state index is 6.36. The van der Waals surface area contributed by atoms with Crippen LogP contribution >= 0.6 is 0 Å². The average Bonchev–Trinajstić information content (AvgIpc) is 2.76. The minimum atomic E-state index is 0.127. The lowest BCUT2D eigenvalue weighted by molar-refractivity contribution is -0.0249. The number of ether oxygens (including phenoxy) is 1. The van der Waals surface area contributed by atoms with Crippen molar-refractivity contribution in [2.45, 2.75) is 50.2 Å². The van der Waals surface area contributed by atoms with Gasteiger partial charge in [-0.25, -0.2) is 0 Å². The molecule has 0 aliphatic carbocycles. The van der Waals surface area contributed by atoms with Gasteiger partial charge in [-0.15, -0.1) is 0 Å². The maximum absolute atomic E-state index is 6.36. The van der Waals surface area contributed by atoms with Crippen molar-refractivity contribution >= 4 is 0 Å². The predicted octanol–water partition coefficient (Wildman–Crippen LogP) is 3.01. The minimum absolute atomic E-state index is 0.127. The molecule has 1 aromatic rings. The average molecular weight is 243 g/mol. The van der Waals surface area contributed by atoms with Crippen LogP contribution in [0.5, 0.6) is 5.75 Å². The van der Waals surface area contributed by atoms with E-state index in [1.807, 2.05) is 0 Å². The first-order chi connectivity index (χ1) is 8.85. The van der Waals surface area contributed by atoms with Crippen LogP contribution in [0.15, 0.2) is 24.3 Å². The van der Waals surface area contributed by atoms with Crippen LogP contribution in [-0.2, 0) is 6.42 Å². The van der Waals surface area contributed by atoms with Crippen molar-refractivity contribution in [1.82, 2.24) is 4.90 Å². The molecule has 18 heavy (non-hydrogen) atoms. The summed E-state index contributed by atoms with van der Waals surface area (Å²) < 4.78 is 6.36. The molecule has 2 heteroatoms. The summed E-state index contributed by atoms with van der Waals surface area (Å²) in [7, 11) is 0. The molecule has 0 N–H and O–H groups in total. The second-order valence-corrected chi connectivity index (χ2v) is 6.21. The van der Waals surface area contributed by atoms with Gasteiger partial charge in [0, 0.05) is 31.8 Å². The third kappa shape index (κ3) is 1.66. The molecule has 96 valence electrons. The number of nitrogens with zero attached hydrogens (tertiary/aromatic N) is 1. The van der Waals surface area contributed by atoms with E-state index in [0.29, 0.717) is 0 Å². The molecule has 1 spiro atoms. The second-order valence-electron chi connectivity index (χ2n) is 6.21. The topological polar surface area (TPSA) is 12.5 Å². The molecule has 2 nitrogen and oxygen atoms in total. The molecule has 2 atom stereocenters. The van der Waals surface area contributed by atoms with Gasteiger partial charge < -0.3 is 9.64 Å². The molecular formula is C16H21NO. The number of hydrogen-bond acceptors (Lipinski definition) is 2. The van der Waals surface area contributed by atoms with E-state index in [1.54, 1.807) is 0 Å². The number of rotatable bonds is 0. The van der Waals surface area contributed by atoms with Gasteiger partial charge in [-0.2, -0.15) is 0 Å². The van der Waals surface area contributed by atoms with Crippen LogP contribution in [0.4, 0.5) is 0 Å². The quantitative estimate of drug-likeness (QED) is 0.694. The summed E-state index contributed by atoms with van der Waals surface area (Å²) in [6.45, 7) is 2.55. The van der Waals surface area contributed by atoms with Gasteiger partial charge >= 0.3 is 0 Å². The van der Waals surface area contributed by atoms with E-state index in [4.69, 9.17) is 4.74 Å². The minimum Gasteiger partial charge on any atom is -0.487 e. The molecule has 0 aromatic heterocycles. The highest BCUT2D eigenvalue weighted by molar-refractivity contribution is 5.39. The van der Waals surface area contributed by atoms with Crippen LogP contribution in [0.2, 0.25) is 0 Å². The van der Waals surface area contributed by atoms with Crippen molar-refractivity contribution < 1.29 is 4.74 Å². The summed E-state index contributed by atoms with van der Waals surface area (Å²) in [5.74, 6) is 1.14. The van der Waals surface area contributed by atoms with E-state index in [1.165, 1.54) is 50.8 Å². The fourth-order valence-corrected chi connectivity index (χ4v) is 4.08. The molecule has 0 bridgehead atoms. The summed E-state index contributed by atoms with van der Waals surface area (Å²) in [5, 5.41) is 0. The molecule has 2 saturated heterocycles. The first kappa shape index (κ1) is 10.9. The third-order valence-corrected chi connectivity index (χ3v) is 5.02. The third-order valence-electron chi connectivity index (χ3n) is 5.02. The highest BCUT2D eigenvalue weighted by atomic mass is 16.5. The van der Waals surface area contributed by atoms with Gasteiger partial charge in [0.2, 0.25) is 0 Å². The lowest BCUT2D eigenvalue weighted by atomic mass is 9.80. The lowest BCUT2D eigenvalue weighted by Gasteiger charge is -2.46. The highest BCUT2D eigenvalue weighted by Crippen LogP contribution is 2.43. The molecular weight excluding hydrogens is 222 g/mol. The van der Waals surface area contributed by atoms with Crippen LogP contribution in [0.25, 0.3) is 0 Å². The second kappa shape index (κ2) is 3.99. The monoisotopic (exact) mass is 243 g/mol. The Morgan fingerprint density at radius 3 is 3.06 bits per heavy atom. The van der Waals surface area contributed by atoms with Crippen molar-refractivity contribution in [3.63, 3.8) is 0 Å². The number of benzene rings is 1. The normalized spacial score (nSPS) is 35.0. The van der Waals surface area contributed by atoms with Crippen molar-refractivity contribution in [3.05, 3.63) is 29.8 Å². The summed E-state index contributed by atoms with van der Waals surface area (Å²) in [6.07, 6.45) is 7.75. The van der Waals surface area contributed by atoms with Crippen LogP contribution in [0.3, 0.4) is 0 Å². The smallest absolute Gasteiger partial charge is 0.123 e. The zero-order valence-corrected chi connectivity index (χ0v) is 10.9. The van der Waals surface area contributed by atoms with Crippen molar-refractivity contribution in [3.8, 4) is 5.75 Å². The number of para-hydroxylation sites is 1. The molecule has 3 aliphatic heterocycles. The SMILES string of the molecule is c1ccc2c(c1)CC1(CCN3CCCCC3C1)O2. The Labute approximate surface area is 109 Å². The van der Waals surface area contributed by atoms with Gasteiger partial charge in [0.25, 0.3) is 0 Å². The number of piperidine rings is 2. The zero-order valence-electron chi connectivity index (χ0n) is 10.9. The van der Waals surface area contributed by atoms with E-state index in [9.17, 15) is 0 Å². The van der Waals surface area contributed by atoms with Crippen molar-refractivity contribution in [2.75, 3.05) is 13.1 Å². The van der Waals surface area contributed by atoms with Gasteiger partial charge in [0.1, 0.15) is 11.4 Å². The summed E-state index contributed by atoms with van der Waals surface area (Å²) >= 11 is 0. The Morgan fingerprint density at radius 2 is 2.11 bits per heavy atom.